The summed E-state index contributed by atoms with van der Waals surface area (Å²) in [5, 5.41) is 0. The Labute approximate surface area is 234 Å². The molecule has 0 radical (unpaired) electrons. The minimum absolute atomic E-state index is 0.132. The van der Waals surface area contributed by atoms with Gasteiger partial charge in [0.1, 0.15) is 11.5 Å². The molecule has 2 heteroatoms. The summed E-state index contributed by atoms with van der Waals surface area (Å²) in [6.45, 7) is 6.93. The zero-order valence-corrected chi connectivity index (χ0v) is 25.9. The number of ketones is 1. The van der Waals surface area contributed by atoms with Gasteiger partial charge in [-0.1, -0.05) is 141 Å². The molecule has 0 spiro atoms. The van der Waals surface area contributed by atoms with Gasteiger partial charge in [-0.15, -0.1) is 0 Å². The Morgan fingerprint density at radius 1 is 0.622 bits per heavy atom. The molecule has 1 atom stereocenters. The molecule has 0 N–H and O–H groups in total. The lowest BCUT2D eigenvalue weighted by Gasteiger charge is -2.33. The van der Waals surface area contributed by atoms with Gasteiger partial charge in [-0.25, -0.2) is 0 Å². The van der Waals surface area contributed by atoms with Crippen molar-refractivity contribution >= 4 is 16.7 Å². The molecule has 0 heterocycles. The Balaban J connectivity index is 1.76. The van der Waals surface area contributed by atoms with Crippen molar-refractivity contribution in [3.63, 3.8) is 0 Å². The van der Waals surface area contributed by atoms with Crippen LogP contribution in [0.25, 0.3) is 0 Å². The summed E-state index contributed by atoms with van der Waals surface area (Å²) in [5.74, 6) is 3.01. The van der Waals surface area contributed by atoms with Crippen LogP contribution in [0, 0.1) is 0 Å². The zero-order valence-electron chi connectivity index (χ0n) is 25.1. The number of aryl methyl sites for hydroxylation is 1. The van der Waals surface area contributed by atoms with Crippen molar-refractivity contribution in [2.24, 2.45) is 0 Å². The predicted octanol–water partition coefficient (Wildman–Crippen LogP) is 11.0. The lowest BCUT2D eigenvalue weighted by molar-refractivity contribution is 0.0934. The summed E-state index contributed by atoms with van der Waals surface area (Å²) < 4.78 is -0.132. The quantitative estimate of drug-likeness (QED) is 0.102. The molecule has 0 fully saturated rings. The maximum atomic E-state index is 13.8. The maximum absolute atomic E-state index is 13.8. The molecular weight excluding hydrogens is 468 g/mol. The minimum atomic E-state index is -0.132. The average molecular weight is 530 g/mol. The van der Waals surface area contributed by atoms with Crippen LogP contribution in [0.2, 0.25) is 0 Å². The first-order valence-electron chi connectivity index (χ1n) is 16.4. The fraction of sp³-hybridized carbons (Fsp3) is 0.800. The molecule has 1 unspecified atom stereocenters. The van der Waals surface area contributed by atoms with Crippen LogP contribution < -0.4 is 0 Å². The summed E-state index contributed by atoms with van der Waals surface area (Å²) in [6, 6.07) is 8.43. The van der Waals surface area contributed by atoms with E-state index in [1.807, 2.05) is 0 Å². The van der Waals surface area contributed by atoms with E-state index >= 15 is 0 Å². The molecule has 1 aliphatic carbocycles. The lowest BCUT2D eigenvalue weighted by Crippen LogP contribution is -2.49. The molecule has 1 aliphatic rings. The molecule has 1 aromatic carbocycles. The standard InChI is InChI=1S/C35H61OS/c1-4-6-8-10-12-14-16-18-20-24-30-37(31-25-21-19-17-15-13-11-9-7-5-2)35(3)29-28-32-26-22-23-27-33(32)34(35)36/h22-23,26-27H,4-21,24-25,28-31H2,1-3H3/q+1. The second-order valence-electron chi connectivity index (χ2n) is 12.0. The van der Waals surface area contributed by atoms with E-state index in [1.165, 1.54) is 145 Å². The second kappa shape index (κ2) is 20.2. The molecule has 0 amide bonds. The van der Waals surface area contributed by atoms with Crippen LogP contribution in [0.3, 0.4) is 0 Å². The molecule has 0 aromatic heterocycles. The SMILES string of the molecule is CCCCCCCCCCCC[S+](CCCCCCCCCCCC)C1(C)CCc2ccccc2C1=O. The van der Waals surface area contributed by atoms with Crippen LogP contribution in [0.5, 0.6) is 0 Å². The highest BCUT2D eigenvalue weighted by molar-refractivity contribution is 7.98. The van der Waals surface area contributed by atoms with Crippen LogP contribution in [0.1, 0.15) is 172 Å². The number of hydrogen-bond acceptors (Lipinski definition) is 1. The van der Waals surface area contributed by atoms with Gasteiger partial charge in [0.05, 0.1) is 0 Å². The first-order valence-corrected chi connectivity index (χ1v) is 18.0. The van der Waals surface area contributed by atoms with Crippen molar-refractivity contribution in [2.45, 2.75) is 167 Å². The Morgan fingerprint density at radius 2 is 1.03 bits per heavy atom. The van der Waals surface area contributed by atoms with Gasteiger partial charge in [0, 0.05) is 22.9 Å². The van der Waals surface area contributed by atoms with Crippen molar-refractivity contribution in [2.75, 3.05) is 11.5 Å². The van der Waals surface area contributed by atoms with Gasteiger partial charge in [0.2, 0.25) is 5.78 Å². The van der Waals surface area contributed by atoms with Crippen LogP contribution >= 0.6 is 0 Å². The first kappa shape index (κ1) is 32.5. The van der Waals surface area contributed by atoms with Gasteiger partial charge < -0.3 is 0 Å². The Hall–Kier alpha value is -0.760. The van der Waals surface area contributed by atoms with E-state index in [0.29, 0.717) is 5.78 Å². The Bertz CT molecular complexity index is 689. The van der Waals surface area contributed by atoms with Crippen LogP contribution in [0.4, 0.5) is 0 Å². The topological polar surface area (TPSA) is 17.1 Å². The molecule has 2 rings (SSSR count). The lowest BCUT2D eigenvalue weighted by atomic mass is 9.83. The number of Topliss-reactive ketones (excluding diaryl/α,β-unsaturated/α-hetero) is 1. The van der Waals surface area contributed by atoms with Gasteiger partial charge in [-0.05, 0) is 44.6 Å². The number of fused-ring (bicyclic) bond motifs is 1. The third-order valence-corrected chi connectivity index (χ3v) is 12.0. The summed E-state index contributed by atoms with van der Waals surface area (Å²) in [6.07, 6.45) is 30.0. The Morgan fingerprint density at radius 3 is 1.49 bits per heavy atom. The monoisotopic (exact) mass is 529 g/mol. The second-order valence-corrected chi connectivity index (χ2v) is 14.7. The molecule has 0 aliphatic heterocycles. The first-order chi connectivity index (χ1) is 18.1. The maximum Gasteiger partial charge on any atom is 0.217 e. The smallest absolute Gasteiger partial charge is 0.217 e. The number of hydrogen-bond donors (Lipinski definition) is 0. The molecule has 1 aromatic rings. The van der Waals surface area contributed by atoms with E-state index in [1.54, 1.807) is 0 Å². The fourth-order valence-electron chi connectivity index (χ4n) is 6.09. The van der Waals surface area contributed by atoms with Gasteiger partial charge in [0.15, 0.2) is 4.75 Å². The third kappa shape index (κ3) is 12.3. The number of rotatable bonds is 23. The summed E-state index contributed by atoms with van der Waals surface area (Å²) in [4.78, 5) is 13.8. The Kier molecular flexibility index (Phi) is 17.7. The number of benzene rings is 1. The fourth-order valence-corrected chi connectivity index (χ4v) is 9.06. The zero-order chi connectivity index (χ0) is 26.6. The van der Waals surface area contributed by atoms with Gasteiger partial charge in [0.25, 0.3) is 0 Å². The van der Waals surface area contributed by atoms with E-state index in [4.69, 9.17) is 0 Å². The number of unbranched alkanes of at least 4 members (excludes halogenated alkanes) is 18. The van der Waals surface area contributed by atoms with Gasteiger partial charge >= 0.3 is 0 Å². The van der Waals surface area contributed by atoms with Crippen molar-refractivity contribution in [1.29, 1.82) is 0 Å². The molecule has 0 saturated carbocycles. The summed E-state index contributed by atoms with van der Waals surface area (Å²) >= 11 is 0. The van der Waals surface area contributed by atoms with Gasteiger partial charge in [-0.3, -0.25) is 4.79 Å². The normalized spacial score (nSPS) is 17.5. The molecule has 37 heavy (non-hydrogen) atoms. The third-order valence-electron chi connectivity index (χ3n) is 8.74. The van der Waals surface area contributed by atoms with Crippen molar-refractivity contribution in [3.05, 3.63) is 35.4 Å². The summed E-state index contributed by atoms with van der Waals surface area (Å²) in [5.41, 5.74) is 2.31. The summed E-state index contributed by atoms with van der Waals surface area (Å²) in [7, 11) is 0.211. The van der Waals surface area contributed by atoms with Crippen molar-refractivity contribution in [1.82, 2.24) is 0 Å². The minimum Gasteiger partial charge on any atom is -0.288 e. The number of carbonyl (C=O) groups excluding carboxylic acids is 1. The average Bonchev–Trinajstić information content (AvgIpc) is 2.91. The van der Waals surface area contributed by atoms with Crippen molar-refractivity contribution in [3.8, 4) is 0 Å². The van der Waals surface area contributed by atoms with E-state index in [2.05, 4.69) is 45.0 Å². The van der Waals surface area contributed by atoms with Crippen molar-refractivity contribution < 1.29 is 4.79 Å². The molecule has 1 nitrogen and oxygen atoms in total. The predicted molar refractivity (Wildman–Crippen MR) is 168 cm³/mol. The molecule has 0 bridgehead atoms. The highest BCUT2D eigenvalue weighted by Crippen LogP contribution is 2.37. The van der Waals surface area contributed by atoms with Crippen LogP contribution in [-0.4, -0.2) is 22.0 Å². The van der Waals surface area contributed by atoms with E-state index < -0.39 is 0 Å². The highest BCUT2D eigenvalue weighted by Gasteiger charge is 2.51. The van der Waals surface area contributed by atoms with Crippen LogP contribution in [-0.2, 0) is 17.3 Å². The van der Waals surface area contributed by atoms with E-state index in [9.17, 15) is 4.79 Å². The number of carbonyl (C=O) groups is 1. The molecule has 212 valence electrons. The molecule has 0 saturated heterocycles. The largest absolute Gasteiger partial charge is 0.288 e. The van der Waals surface area contributed by atoms with Gasteiger partial charge in [-0.2, -0.15) is 0 Å². The van der Waals surface area contributed by atoms with Crippen LogP contribution in [0.15, 0.2) is 24.3 Å². The molecular formula is C35H61OS+. The highest BCUT2D eigenvalue weighted by atomic mass is 32.2. The van der Waals surface area contributed by atoms with E-state index in [0.717, 1.165) is 18.4 Å². The van der Waals surface area contributed by atoms with E-state index in [-0.39, 0.29) is 15.6 Å².